The van der Waals surface area contributed by atoms with Crippen LogP contribution in [0.3, 0.4) is 0 Å². The Bertz CT molecular complexity index is 1080. The predicted molar refractivity (Wildman–Crippen MR) is 123 cm³/mol. The monoisotopic (exact) mass is 443 g/mol. The zero-order valence-electron chi connectivity index (χ0n) is 16.4. The van der Waals surface area contributed by atoms with Gasteiger partial charge in [-0.05, 0) is 48.1 Å². The molecule has 1 atom stereocenters. The number of nitrogens with one attached hydrogen (secondary N) is 1. The van der Waals surface area contributed by atoms with Crippen LogP contribution in [-0.2, 0) is 0 Å². The summed E-state index contributed by atoms with van der Waals surface area (Å²) in [5.41, 5.74) is 5.47. The fourth-order valence-electron chi connectivity index (χ4n) is 4.08. The van der Waals surface area contributed by atoms with Gasteiger partial charge in [0.2, 0.25) is 0 Å². The van der Waals surface area contributed by atoms with E-state index in [0.717, 1.165) is 53.8 Å². The highest BCUT2D eigenvalue weighted by Crippen LogP contribution is 2.37. The van der Waals surface area contributed by atoms with Crippen LogP contribution < -0.4 is 22.0 Å². The Morgan fingerprint density at radius 3 is 2.83 bits per heavy atom. The minimum atomic E-state index is 0.374. The number of piperidine rings is 1. The molecule has 30 heavy (non-hydrogen) atoms. The van der Waals surface area contributed by atoms with E-state index in [0.29, 0.717) is 28.2 Å². The van der Waals surface area contributed by atoms with Crippen molar-refractivity contribution in [2.75, 3.05) is 18.0 Å². The highest BCUT2D eigenvalue weighted by atomic mass is 35.5. The third kappa shape index (κ3) is 4.14. The average Bonchev–Trinajstić information content (AvgIpc) is 2.78. The summed E-state index contributed by atoms with van der Waals surface area (Å²) in [5.74, 6) is 12.8. The van der Waals surface area contributed by atoms with Gasteiger partial charge in [-0.25, -0.2) is 15.8 Å². The Hall–Kier alpha value is -2.61. The lowest BCUT2D eigenvalue weighted by Crippen LogP contribution is -2.40. The molecule has 9 heteroatoms. The number of aromatic nitrogens is 2. The minimum Gasteiger partial charge on any atom is -0.356 e. The summed E-state index contributed by atoms with van der Waals surface area (Å²) in [6, 6.07) is 11.7. The topological polar surface area (TPSA) is 105 Å². The first-order chi connectivity index (χ1) is 14.6. The Morgan fingerprint density at radius 1 is 1.20 bits per heavy atom. The van der Waals surface area contributed by atoms with E-state index >= 15 is 0 Å². The van der Waals surface area contributed by atoms with Gasteiger partial charge < -0.3 is 16.2 Å². The highest BCUT2D eigenvalue weighted by molar-refractivity contribution is 6.42. The highest BCUT2D eigenvalue weighted by Gasteiger charge is 2.25. The van der Waals surface area contributed by atoms with Crippen molar-refractivity contribution in [2.24, 2.45) is 22.7 Å². The fraction of sp³-hybridized carbons (Fsp3) is 0.286. The van der Waals surface area contributed by atoms with Gasteiger partial charge in [-0.1, -0.05) is 41.4 Å². The van der Waals surface area contributed by atoms with Gasteiger partial charge in [-0.2, -0.15) is 5.10 Å². The van der Waals surface area contributed by atoms with Crippen LogP contribution in [0.1, 0.15) is 19.3 Å². The number of anilines is 1. The van der Waals surface area contributed by atoms with Crippen molar-refractivity contribution in [1.82, 2.24) is 15.4 Å². The molecule has 0 spiro atoms. The van der Waals surface area contributed by atoms with Gasteiger partial charge in [0.25, 0.3) is 0 Å². The first kappa shape index (κ1) is 20.7. The Morgan fingerprint density at radius 2 is 2.07 bits per heavy atom. The van der Waals surface area contributed by atoms with Crippen molar-refractivity contribution >= 4 is 45.8 Å². The molecule has 1 aromatic heterocycles. The van der Waals surface area contributed by atoms with Crippen LogP contribution in [0.5, 0.6) is 0 Å². The zero-order chi connectivity index (χ0) is 21.1. The lowest BCUT2D eigenvalue weighted by atomic mass is 9.93. The SMILES string of the molecule is N/N=C(/CC1CCCN(c2ncnc3cccc(-c4ccc(Cl)c(Cl)c4)c23)C1)NN. The van der Waals surface area contributed by atoms with Crippen LogP contribution in [0.15, 0.2) is 47.8 Å². The molecular weight excluding hydrogens is 421 g/mol. The van der Waals surface area contributed by atoms with Crippen molar-refractivity contribution in [3.8, 4) is 11.1 Å². The molecule has 3 aromatic rings. The summed E-state index contributed by atoms with van der Waals surface area (Å²) in [5, 5.41) is 5.78. The number of hydrazine groups is 1. The largest absolute Gasteiger partial charge is 0.356 e. The van der Waals surface area contributed by atoms with Crippen LogP contribution in [0.4, 0.5) is 5.82 Å². The normalized spacial score (nSPS) is 17.4. The van der Waals surface area contributed by atoms with E-state index in [1.807, 2.05) is 30.3 Å². The minimum absolute atomic E-state index is 0.374. The van der Waals surface area contributed by atoms with E-state index < -0.39 is 0 Å². The molecule has 0 amide bonds. The Balaban J connectivity index is 1.75. The average molecular weight is 444 g/mol. The van der Waals surface area contributed by atoms with Crippen molar-refractivity contribution in [2.45, 2.75) is 19.3 Å². The summed E-state index contributed by atoms with van der Waals surface area (Å²) in [7, 11) is 0. The summed E-state index contributed by atoms with van der Waals surface area (Å²) < 4.78 is 0. The summed E-state index contributed by atoms with van der Waals surface area (Å²) >= 11 is 12.4. The number of amidine groups is 1. The van der Waals surface area contributed by atoms with E-state index in [1.54, 1.807) is 6.33 Å². The maximum atomic E-state index is 6.29. The third-order valence-corrected chi connectivity index (χ3v) is 6.24. The van der Waals surface area contributed by atoms with E-state index in [-0.39, 0.29) is 0 Å². The van der Waals surface area contributed by atoms with E-state index in [9.17, 15) is 0 Å². The summed E-state index contributed by atoms with van der Waals surface area (Å²) in [6.07, 6.45) is 4.45. The van der Waals surface area contributed by atoms with Gasteiger partial charge in [-0.3, -0.25) is 0 Å². The van der Waals surface area contributed by atoms with Crippen LogP contribution >= 0.6 is 23.2 Å². The van der Waals surface area contributed by atoms with Crippen molar-refractivity contribution in [1.29, 1.82) is 0 Å². The van der Waals surface area contributed by atoms with Gasteiger partial charge in [0.15, 0.2) is 0 Å². The molecule has 0 saturated carbocycles. The van der Waals surface area contributed by atoms with Crippen LogP contribution in [-0.4, -0.2) is 28.9 Å². The molecule has 1 saturated heterocycles. The molecule has 0 radical (unpaired) electrons. The molecule has 1 aliphatic rings. The first-order valence-corrected chi connectivity index (χ1v) is 10.5. The summed E-state index contributed by atoms with van der Waals surface area (Å²) in [6.45, 7) is 1.76. The van der Waals surface area contributed by atoms with Gasteiger partial charge in [0, 0.05) is 19.5 Å². The number of hydrazone groups is 1. The van der Waals surface area contributed by atoms with E-state index in [1.165, 1.54) is 0 Å². The lowest BCUT2D eigenvalue weighted by Gasteiger charge is -2.34. The van der Waals surface area contributed by atoms with E-state index in [4.69, 9.17) is 34.9 Å². The van der Waals surface area contributed by atoms with Gasteiger partial charge in [0.05, 0.1) is 20.9 Å². The van der Waals surface area contributed by atoms with Gasteiger partial charge in [0.1, 0.15) is 18.0 Å². The Labute approximate surface area is 185 Å². The lowest BCUT2D eigenvalue weighted by molar-refractivity contribution is 0.422. The molecule has 4 rings (SSSR count). The second kappa shape index (κ2) is 9.04. The smallest absolute Gasteiger partial charge is 0.140 e. The van der Waals surface area contributed by atoms with Gasteiger partial charge >= 0.3 is 0 Å². The molecule has 1 fully saturated rings. The molecule has 0 bridgehead atoms. The fourth-order valence-corrected chi connectivity index (χ4v) is 4.38. The number of hydrogen-bond acceptors (Lipinski definition) is 6. The number of rotatable bonds is 4. The number of fused-ring (bicyclic) bond motifs is 1. The molecule has 7 nitrogen and oxygen atoms in total. The maximum Gasteiger partial charge on any atom is 0.140 e. The second-order valence-corrected chi connectivity index (χ2v) is 8.22. The summed E-state index contributed by atoms with van der Waals surface area (Å²) in [4.78, 5) is 11.5. The van der Waals surface area contributed by atoms with E-state index in [2.05, 4.69) is 31.5 Å². The number of halogens is 2. The number of nitrogens with two attached hydrogens (primary N) is 2. The standard InChI is InChI=1S/C21H23Cl2N7/c22-16-7-6-14(10-17(16)23)15-4-1-5-18-20(15)21(27-12-26-18)30-8-2-3-13(11-30)9-19(28-24)29-25/h1,4-7,10,12-13H,2-3,8-9,11,24-25H2,(H,28,29). The van der Waals surface area contributed by atoms with Gasteiger partial charge in [-0.15, -0.1) is 0 Å². The van der Waals surface area contributed by atoms with Crippen LogP contribution in [0, 0.1) is 5.92 Å². The Kier molecular flexibility index (Phi) is 6.22. The molecule has 5 N–H and O–H groups in total. The zero-order valence-corrected chi connectivity index (χ0v) is 17.9. The van der Waals surface area contributed by atoms with Crippen molar-refractivity contribution in [3.05, 3.63) is 52.8 Å². The van der Waals surface area contributed by atoms with Crippen molar-refractivity contribution in [3.63, 3.8) is 0 Å². The number of nitrogens with zero attached hydrogens (tertiary/aromatic N) is 4. The first-order valence-electron chi connectivity index (χ1n) is 9.78. The van der Waals surface area contributed by atoms with Crippen molar-refractivity contribution < 1.29 is 0 Å². The molecule has 1 unspecified atom stereocenters. The molecule has 1 aliphatic heterocycles. The van der Waals surface area contributed by atoms with Crippen LogP contribution in [0.2, 0.25) is 10.0 Å². The molecule has 2 heterocycles. The van der Waals surface area contributed by atoms with Crippen LogP contribution in [0.25, 0.3) is 22.0 Å². The molecule has 0 aliphatic carbocycles. The number of benzene rings is 2. The maximum absolute atomic E-state index is 6.29. The molecule has 156 valence electrons. The third-order valence-electron chi connectivity index (χ3n) is 5.50. The number of hydrogen-bond donors (Lipinski definition) is 3. The quantitative estimate of drug-likeness (QED) is 0.244. The second-order valence-electron chi connectivity index (χ2n) is 7.40. The predicted octanol–water partition coefficient (Wildman–Crippen LogP) is 3.95. The molecular formula is C21H23Cl2N7. The molecule has 2 aromatic carbocycles.